The van der Waals surface area contributed by atoms with Gasteiger partial charge >= 0.3 is 11.9 Å². The van der Waals surface area contributed by atoms with Crippen molar-refractivity contribution in [2.45, 2.75) is 34.6 Å². The number of aromatic carboxylic acids is 1. The third-order valence-electron chi connectivity index (χ3n) is 5.26. The van der Waals surface area contributed by atoms with E-state index < -0.39 is 5.97 Å². The van der Waals surface area contributed by atoms with Gasteiger partial charge in [0.25, 0.3) is 0 Å². The zero-order valence-corrected chi connectivity index (χ0v) is 21.9. The van der Waals surface area contributed by atoms with Gasteiger partial charge in [0.05, 0.1) is 41.5 Å². The lowest BCUT2D eigenvalue weighted by Crippen LogP contribution is -2.07. The molecule has 0 bridgehead atoms. The third-order valence-corrected chi connectivity index (χ3v) is 5.26. The molecule has 10 nitrogen and oxygen atoms in total. The second-order valence-electron chi connectivity index (χ2n) is 8.43. The van der Waals surface area contributed by atoms with Crippen LogP contribution >= 0.6 is 0 Å². The van der Waals surface area contributed by atoms with Crippen LogP contribution in [0, 0.1) is 27.7 Å². The SMILES string of the molecule is CCOC(=O)c1cnc(Nc2ccc(C)nc2)c(C)c1.Cc1ccc(Nc2ncc(C(=O)O)cc2C)cn1. The van der Waals surface area contributed by atoms with E-state index in [-0.39, 0.29) is 11.5 Å². The van der Waals surface area contributed by atoms with Gasteiger partial charge in [-0.25, -0.2) is 19.6 Å². The molecule has 0 aliphatic rings. The Balaban J connectivity index is 0.000000212. The van der Waals surface area contributed by atoms with E-state index in [1.165, 1.54) is 12.4 Å². The zero-order valence-electron chi connectivity index (χ0n) is 21.9. The molecule has 0 fully saturated rings. The lowest BCUT2D eigenvalue weighted by Gasteiger charge is -2.09. The normalized spacial score (nSPS) is 10.1. The van der Waals surface area contributed by atoms with Crippen LogP contribution in [-0.2, 0) is 4.74 Å². The van der Waals surface area contributed by atoms with E-state index in [1.54, 1.807) is 31.5 Å². The van der Waals surface area contributed by atoms with Crippen molar-refractivity contribution in [3.05, 3.63) is 94.8 Å². The molecule has 0 atom stereocenters. The van der Waals surface area contributed by atoms with Crippen molar-refractivity contribution in [2.24, 2.45) is 0 Å². The Hall–Kier alpha value is -4.86. The minimum absolute atomic E-state index is 0.181. The quantitative estimate of drug-likeness (QED) is 0.269. The highest BCUT2D eigenvalue weighted by atomic mass is 16.5. The van der Waals surface area contributed by atoms with Crippen LogP contribution in [0.5, 0.6) is 0 Å². The molecule has 4 aromatic heterocycles. The van der Waals surface area contributed by atoms with Crippen molar-refractivity contribution in [2.75, 3.05) is 17.2 Å². The van der Waals surface area contributed by atoms with E-state index in [0.29, 0.717) is 23.8 Å². The number of aryl methyl sites for hydroxylation is 4. The summed E-state index contributed by atoms with van der Waals surface area (Å²) >= 11 is 0. The molecule has 0 amide bonds. The molecule has 4 aromatic rings. The Bertz CT molecular complexity index is 1410. The first-order chi connectivity index (χ1) is 18.2. The highest BCUT2D eigenvalue weighted by Crippen LogP contribution is 2.20. The number of aromatic nitrogens is 4. The Morgan fingerprint density at radius 1 is 0.737 bits per heavy atom. The molecule has 10 heteroatoms. The number of nitrogens with one attached hydrogen (secondary N) is 2. The van der Waals surface area contributed by atoms with Crippen molar-refractivity contribution in [1.29, 1.82) is 0 Å². The van der Waals surface area contributed by atoms with Crippen LogP contribution in [0.15, 0.2) is 61.2 Å². The number of carboxylic acids is 1. The summed E-state index contributed by atoms with van der Waals surface area (Å²) in [6.07, 6.45) is 6.30. The number of nitrogens with zero attached hydrogens (tertiary/aromatic N) is 4. The van der Waals surface area contributed by atoms with E-state index in [2.05, 4.69) is 30.6 Å². The zero-order chi connectivity index (χ0) is 27.7. The molecule has 196 valence electrons. The average Bonchev–Trinajstić information content (AvgIpc) is 2.89. The van der Waals surface area contributed by atoms with Gasteiger partial charge in [0, 0.05) is 23.8 Å². The van der Waals surface area contributed by atoms with Gasteiger partial charge in [0.1, 0.15) is 11.6 Å². The van der Waals surface area contributed by atoms with Crippen molar-refractivity contribution in [1.82, 2.24) is 19.9 Å². The van der Waals surface area contributed by atoms with Crippen LogP contribution in [0.25, 0.3) is 0 Å². The molecule has 0 radical (unpaired) electrons. The summed E-state index contributed by atoms with van der Waals surface area (Å²) in [5.41, 5.74) is 5.85. The fourth-order valence-corrected chi connectivity index (χ4v) is 3.21. The number of esters is 1. The second-order valence-corrected chi connectivity index (χ2v) is 8.43. The fourth-order valence-electron chi connectivity index (χ4n) is 3.21. The summed E-state index contributed by atoms with van der Waals surface area (Å²) < 4.78 is 4.94. The predicted octanol–water partition coefficient (Wildman–Crippen LogP) is 5.55. The van der Waals surface area contributed by atoms with Crippen LogP contribution < -0.4 is 10.6 Å². The van der Waals surface area contributed by atoms with Gasteiger partial charge in [-0.2, -0.15) is 0 Å². The van der Waals surface area contributed by atoms with Gasteiger partial charge in [-0.3, -0.25) is 9.97 Å². The molecule has 4 heterocycles. The Labute approximate surface area is 221 Å². The number of anilines is 4. The molecule has 38 heavy (non-hydrogen) atoms. The number of carboxylic acid groups (broad SMARTS) is 1. The summed E-state index contributed by atoms with van der Waals surface area (Å²) in [6, 6.07) is 11.0. The van der Waals surface area contributed by atoms with Gasteiger partial charge in [-0.1, -0.05) is 0 Å². The predicted molar refractivity (Wildman–Crippen MR) is 145 cm³/mol. The summed E-state index contributed by atoms with van der Waals surface area (Å²) in [5.74, 6) is -0.00448. The standard InChI is InChI=1S/C15H17N3O2.C13H13N3O2/c1-4-20-15(19)12-7-10(2)14(17-8-12)18-13-6-5-11(3)16-9-13;1-8-5-10(13(17)18)6-15-12(8)16-11-4-3-9(2)14-7-11/h5-9H,4H2,1-3H3,(H,17,18);3-7H,1-2H3,(H,15,16)(H,17,18). The van der Waals surface area contributed by atoms with Gasteiger partial charge in [-0.15, -0.1) is 0 Å². The summed E-state index contributed by atoms with van der Waals surface area (Å²) in [7, 11) is 0. The number of pyridine rings is 4. The summed E-state index contributed by atoms with van der Waals surface area (Å²) in [5, 5.41) is 15.1. The highest BCUT2D eigenvalue weighted by Gasteiger charge is 2.10. The van der Waals surface area contributed by atoms with E-state index in [0.717, 1.165) is 33.9 Å². The second kappa shape index (κ2) is 12.9. The molecule has 0 aliphatic carbocycles. The number of ether oxygens (including phenoxy) is 1. The van der Waals surface area contributed by atoms with E-state index in [1.807, 2.05) is 52.0 Å². The Morgan fingerprint density at radius 2 is 1.21 bits per heavy atom. The van der Waals surface area contributed by atoms with Crippen LogP contribution in [0.4, 0.5) is 23.0 Å². The number of hydrogen-bond acceptors (Lipinski definition) is 9. The first-order valence-corrected chi connectivity index (χ1v) is 11.9. The molecular formula is C28H30N6O4. The topological polar surface area (TPSA) is 139 Å². The number of carbonyl (C=O) groups excluding carboxylic acids is 1. The Kier molecular flexibility index (Phi) is 9.42. The third kappa shape index (κ3) is 7.82. The minimum atomic E-state index is -0.978. The molecule has 4 rings (SSSR count). The molecule has 0 unspecified atom stereocenters. The first kappa shape index (κ1) is 27.7. The molecule has 0 saturated carbocycles. The van der Waals surface area contributed by atoms with Gasteiger partial charge in [0.15, 0.2) is 0 Å². The van der Waals surface area contributed by atoms with Gasteiger partial charge < -0.3 is 20.5 Å². The van der Waals surface area contributed by atoms with Crippen LogP contribution in [0.1, 0.15) is 50.2 Å². The van der Waals surface area contributed by atoms with Crippen molar-refractivity contribution >= 4 is 34.9 Å². The van der Waals surface area contributed by atoms with Crippen LogP contribution in [0.3, 0.4) is 0 Å². The maximum absolute atomic E-state index is 11.6. The number of carbonyl (C=O) groups is 2. The molecule has 0 aromatic carbocycles. The minimum Gasteiger partial charge on any atom is -0.478 e. The molecule has 0 spiro atoms. The summed E-state index contributed by atoms with van der Waals surface area (Å²) in [6.45, 7) is 9.67. The molecular weight excluding hydrogens is 484 g/mol. The number of hydrogen-bond donors (Lipinski definition) is 3. The molecule has 0 aliphatic heterocycles. The maximum Gasteiger partial charge on any atom is 0.339 e. The van der Waals surface area contributed by atoms with Crippen LogP contribution in [-0.4, -0.2) is 43.6 Å². The van der Waals surface area contributed by atoms with E-state index in [4.69, 9.17) is 9.84 Å². The lowest BCUT2D eigenvalue weighted by molar-refractivity contribution is 0.0525. The average molecular weight is 515 g/mol. The van der Waals surface area contributed by atoms with E-state index >= 15 is 0 Å². The smallest absolute Gasteiger partial charge is 0.339 e. The lowest BCUT2D eigenvalue weighted by atomic mass is 10.2. The highest BCUT2D eigenvalue weighted by molar-refractivity contribution is 5.89. The van der Waals surface area contributed by atoms with Gasteiger partial charge in [0.2, 0.25) is 0 Å². The largest absolute Gasteiger partial charge is 0.478 e. The van der Waals surface area contributed by atoms with Crippen LogP contribution in [0.2, 0.25) is 0 Å². The van der Waals surface area contributed by atoms with E-state index in [9.17, 15) is 9.59 Å². The fraction of sp³-hybridized carbons (Fsp3) is 0.214. The monoisotopic (exact) mass is 514 g/mol. The van der Waals surface area contributed by atoms with Crippen molar-refractivity contribution < 1.29 is 19.4 Å². The maximum atomic E-state index is 11.6. The van der Waals surface area contributed by atoms with Gasteiger partial charge in [-0.05, 0) is 82.1 Å². The molecule has 0 saturated heterocycles. The molecule has 3 N–H and O–H groups in total. The summed E-state index contributed by atoms with van der Waals surface area (Å²) in [4.78, 5) is 39.1. The number of rotatable bonds is 7. The van der Waals surface area contributed by atoms with Crippen molar-refractivity contribution in [3.63, 3.8) is 0 Å². The van der Waals surface area contributed by atoms with Crippen molar-refractivity contribution in [3.8, 4) is 0 Å². The first-order valence-electron chi connectivity index (χ1n) is 11.9. The Morgan fingerprint density at radius 3 is 1.61 bits per heavy atom.